The third-order valence-electron chi connectivity index (χ3n) is 4.27. The lowest BCUT2D eigenvalue weighted by atomic mass is 10.0. The van der Waals surface area contributed by atoms with Crippen LogP contribution in [0, 0.1) is 0 Å². The summed E-state index contributed by atoms with van der Waals surface area (Å²) in [5.41, 5.74) is 0.945. The molecule has 0 fully saturated rings. The molecule has 0 bridgehead atoms. The van der Waals surface area contributed by atoms with Crippen molar-refractivity contribution in [1.29, 1.82) is 0 Å². The van der Waals surface area contributed by atoms with Gasteiger partial charge in [-0.05, 0) is 48.7 Å². The van der Waals surface area contributed by atoms with Gasteiger partial charge in [0, 0.05) is 5.02 Å². The maximum Gasteiger partial charge on any atom is 0.261 e. The number of methoxy groups -OCH3 is 2. The minimum Gasteiger partial charge on any atom is -0.493 e. The number of rotatable bonds is 9. The smallest absolute Gasteiger partial charge is 0.261 e. The summed E-state index contributed by atoms with van der Waals surface area (Å²) in [5, 5.41) is 3.63. The van der Waals surface area contributed by atoms with Crippen molar-refractivity contribution in [2.24, 2.45) is 0 Å². The molecule has 0 aromatic heterocycles. The normalized spacial score (nSPS) is 12.8. The van der Waals surface area contributed by atoms with E-state index in [1.165, 1.54) is 0 Å². The van der Waals surface area contributed by atoms with E-state index in [1.807, 2.05) is 32.0 Å². The van der Waals surface area contributed by atoms with Crippen LogP contribution in [-0.2, 0) is 4.79 Å². The number of amides is 1. The van der Waals surface area contributed by atoms with Crippen molar-refractivity contribution in [1.82, 2.24) is 5.32 Å². The topological polar surface area (TPSA) is 56.8 Å². The highest BCUT2D eigenvalue weighted by Crippen LogP contribution is 2.31. The van der Waals surface area contributed by atoms with Crippen LogP contribution in [0.15, 0.2) is 42.5 Å². The van der Waals surface area contributed by atoms with Crippen molar-refractivity contribution in [2.45, 2.75) is 38.8 Å². The lowest BCUT2D eigenvalue weighted by Crippen LogP contribution is -2.39. The van der Waals surface area contributed by atoms with E-state index in [2.05, 4.69) is 5.32 Å². The molecule has 0 unspecified atom stereocenters. The molecule has 2 aromatic rings. The molecular weight excluding hydrogens is 366 g/mol. The zero-order chi connectivity index (χ0) is 19.8. The zero-order valence-corrected chi connectivity index (χ0v) is 16.9. The summed E-state index contributed by atoms with van der Waals surface area (Å²) in [6.07, 6.45) is 0.674. The van der Waals surface area contributed by atoms with Gasteiger partial charge in [-0.3, -0.25) is 4.79 Å². The number of carbonyl (C=O) groups excluding carboxylic acids is 1. The number of hydrogen-bond donors (Lipinski definition) is 1. The van der Waals surface area contributed by atoms with Crippen LogP contribution >= 0.6 is 11.6 Å². The number of ether oxygens (including phenoxy) is 3. The van der Waals surface area contributed by atoms with E-state index in [-0.39, 0.29) is 11.9 Å². The first-order valence-corrected chi connectivity index (χ1v) is 9.34. The fourth-order valence-electron chi connectivity index (χ4n) is 2.78. The van der Waals surface area contributed by atoms with Gasteiger partial charge in [-0.25, -0.2) is 0 Å². The molecular formula is C21H26ClNO4. The quantitative estimate of drug-likeness (QED) is 0.668. The second kappa shape index (κ2) is 10.1. The van der Waals surface area contributed by atoms with Crippen molar-refractivity contribution >= 4 is 17.5 Å². The molecule has 0 heterocycles. The number of halogens is 1. The minimum atomic E-state index is -0.599. The van der Waals surface area contributed by atoms with Crippen LogP contribution in [0.25, 0.3) is 0 Å². The lowest BCUT2D eigenvalue weighted by Gasteiger charge is -2.23. The molecule has 5 nitrogen and oxygen atoms in total. The van der Waals surface area contributed by atoms with Crippen molar-refractivity contribution in [3.05, 3.63) is 53.1 Å². The number of carbonyl (C=O) groups is 1. The van der Waals surface area contributed by atoms with Crippen molar-refractivity contribution in [3.63, 3.8) is 0 Å². The zero-order valence-electron chi connectivity index (χ0n) is 16.1. The van der Waals surface area contributed by atoms with E-state index >= 15 is 0 Å². The Labute approximate surface area is 165 Å². The third-order valence-corrected chi connectivity index (χ3v) is 4.51. The van der Waals surface area contributed by atoms with Crippen LogP contribution in [0.1, 0.15) is 38.3 Å². The Kier molecular flexibility index (Phi) is 7.80. The Morgan fingerprint density at radius 1 is 1.04 bits per heavy atom. The first kappa shape index (κ1) is 20.9. The van der Waals surface area contributed by atoms with E-state index in [1.54, 1.807) is 38.5 Å². The predicted molar refractivity (Wildman–Crippen MR) is 107 cm³/mol. The van der Waals surface area contributed by atoms with Gasteiger partial charge in [0.1, 0.15) is 5.75 Å². The second-order valence-electron chi connectivity index (χ2n) is 6.06. The first-order valence-electron chi connectivity index (χ1n) is 8.96. The Bertz CT molecular complexity index is 766. The molecule has 1 N–H and O–H groups in total. The molecule has 0 radical (unpaired) electrons. The third kappa shape index (κ3) is 5.54. The summed E-state index contributed by atoms with van der Waals surface area (Å²) in [6.45, 7) is 3.92. The highest BCUT2D eigenvalue weighted by atomic mass is 35.5. The van der Waals surface area contributed by atoms with Gasteiger partial charge in [-0.1, -0.05) is 37.6 Å². The van der Waals surface area contributed by atoms with Crippen molar-refractivity contribution in [2.75, 3.05) is 14.2 Å². The van der Waals surface area contributed by atoms with E-state index in [9.17, 15) is 4.79 Å². The molecule has 146 valence electrons. The van der Waals surface area contributed by atoms with Gasteiger partial charge in [0.25, 0.3) is 5.91 Å². The molecule has 2 atom stereocenters. The standard InChI is InChI=1S/C21H26ClNO4/c1-5-17(14-10-11-19(25-3)20(12-14)26-4)23-21(24)18(6-2)27-16-9-7-8-15(22)13-16/h7-13,17-18H,5-6H2,1-4H3,(H,23,24)/t17-,18-/m1/s1. The molecule has 0 saturated carbocycles. The Morgan fingerprint density at radius 3 is 2.37 bits per heavy atom. The molecule has 2 rings (SSSR count). The average molecular weight is 392 g/mol. The molecule has 1 amide bonds. The average Bonchev–Trinajstić information content (AvgIpc) is 2.69. The minimum absolute atomic E-state index is 0.158. The van der Waals surface area contributed by atoms with Crippen molar-refractivity contribution in [3.8, 4) is 17.2 Å². The summed E-state index contributed by atoms with van der Waals surface area (Å²) in [5.74, 6) is 1.69. The van der Waals surface area contributed by atoms with Gasteiger partial charge in [0.2, 0.25) is 0 Å². The highest BCUT2D eigenvalue weighted by Gasteiger charge is 2.22. The van der Waals surface area contributed by atoms with Crippen LogP contribution in [-0.4, -0.2) is 26.2 Å². The maximum atomic E-state index is 12.8. The number of benzene rings is 2. The van der Waals surface area contributed by atoms with Gasteiger partial charge in [-0.15, -0.1) is 0 Å². The predicted octanol–water partition coefficient (Wildman–Crippen LogP) is 4.78. The Balaban J connectivity index is 2.12. The number of hydrogen-bond acceptors (Lipinski definition) is 4. The van der Waals surface area contributed by atoms with Crippen LogP contribution in [0.3, 0.4) is 0 Å². The molecule has 0 aliphatic carbocycles. The molecule has 6 heteroatoms. The molecule has 0 saturated heterocycles. The van der Waals surface area contributed by atoms with Gasteiger partial charge >= 0.3 is 0 Å². The van der Waals surface area contributed by atoms with Crippen LogP contribution in [0.5, 0.6) is 17.2 Å². The van der Waals surface area contributed by atoms with E-state index in [0.717, 1.165) is 12.0 Å². The maximum absolute atomic E-state index is 12.8. The van der Waals surface area contributed by atoms with E-state index < -0.39 is 6.10 Å². The molecule has 0 aliphatic rings. The van der Waals surface area contributed by atoms with Crippen molar-refractivity contribution < 1.29 is 19.0 Å². The summed E-state index contributed by atoms with van der Waals surface area (Å²) in [6, 6.07) is 12.5. The van der Waals surface area contributed by atoms with Crippen LogP contribution < -0.4 is 19.5 Å². The largest absolute Gasteiger partial charge is 0.493 e. The Hall–Kier alpha value is -2.40. The summed E-state index contributed by atoms with van der Waals surface area (Å²) in [4.78, 5) is 12.8. The number of nitrogens with one attached hydrogen (secondary N) is 1. The van der Waals surface area contributed by atoms with E-state index in [0.29, 0.717) is 28.7 Å². The van der Waals surface area contributed by atoms with E-state index in [4.69, 9.17) is 25.8 Å². The highest BCUT2D eigenvalue weighted by molar-refractivity contribution is 6.30. The van der Waals surface area contributed by atoms with Gasteiger partial charge in [0.15, 0.2) is 17.6 Å². The fraction of sp³-hybridized carbons (Fsp3) is 0.381. The summed E-state index contributed by atoms with van der Waals surface area (Å²) < 4.78 is 16.5. The van der Waals surface area contributed by atoms with Gasteiger partial charge in [0.05, 0.1) is 20.3 Å². The van der Waals surface area contributed by atoms with Gasteiger partial charge in [-0.2, -0.15) is 0 Å². The summed E-state index contributed by atoms with van der Waals surface area (Å²) in [7, 11) is 3.18. The lowest BCUT2D eigenvalue weighted by molar-refractivity contribution is -0.128. The van der Waals surface area contributed by atoms with Crippen LogP contribution in [0.2, 0.25) is 5.02 Å². The van der Waals surface area contributed by atoms with Gasteiger partial charge < -0.3 is 19.5 Å². The molecule has 27 heavy (non-hydrogen) atoms. The monoisotopic (exact) mass is 391 g/mol. The molecule has 2 aromatic carbocycles. The molecule has 0 spiro atoms. The fourth-order valence-corrected chi connectivity index (χ4v) is 2.96. The summed E-state index contributed by atoms with van der Waals surface area (Å²) >= 11 is 5.99. The Morgan fingerprint density at radius 2 is 1.78 bits per heavy atom. The first-order chi connectivity index (χ1) is 13.0. The molecule has 0 aliphatic heterocycles. The SMILES string of the molecule is CC[C@@H](Oc1cccc(Cl)c1)C(=O)N[C@H](CC)c1ccc(OC)c(OC)c1. The second-order valence-corrected chi connectivity index (χ2v) is 6.49. The van der Waals surface area contributed by atoms with Crippen LogP contribution in [0.4, 0.5) is 0 Å².